The summed E-state index contributed by atoms with van der Waals surface area (Å²) in [4.78, 5) is 11.6. The van der Waals surface area contributed by atoms with Crippen molar-refractivity contribution in [3.05, 3.63) is 52.9 Å². The second kappa shape index (κ2) is 7.28. The highest BCUT2D eigenvalue weighted by molar-refractivity contribution is 5.86. The van der Waals surface area contributed by atoms with E-state index in [4.69, 9.17) is 14.0 Å². The van der Waals surface area contributed by atoms with Gasteiger partial charge in [0.25, 0.3) is 0 Å². The molecule has 0 atom stereocenters. The monoisotopic (exact) mass is 329 g/mol. The van der Waals surface area contributed by atoms with Crippen LogP contribution in [-0.4, -0.2) is 31.4 Å². The van der Waals surface area contributed by atoms with E-state index in [1.807, 2.05) is 0 Å². The molecule has 0 fully saturated rings. The van der Waals surface area contributed by atoms with Gasteiger partial charge in [-0.2, -0.15) is 13.2 Å². The van der Waals surface area contributed by atoms with Gasteiger partial charge in [0.1, 0.15) is 6.61 Å². The van der Waals surface area contributed by atoms with Gasteiger partial charge in [-0.05, 0) is 17.7 Å². The van der Waals surface area contributed by atoms with Crippen molar-refractivity contribution >= 4 is 5.97 Å². The summed E-state index contributed by atoms with van der Waals surface area (Å²) in [6.45, 7) is 0.350. The van der Waals surface area contributed by atoms with E-state index in [9.17, 15) is 18.0 Å². The molecule has 0 unspecified atom stereocenters. The van der Waals surface area contributed by atoms with Crippen LogP contribution >= 0.6 is 0 Å². The number of nitrogens with zero attached hydrogens (tertiary/aromatic N) is 1. The maximum absolute atomic E-state index is 12.5. The van der Waals surface area contributed by atoms with Crippen molar-refractivity contribution < 1.29 is 32.0 Å². The molecule has 1 aromatic carbocycles. The molecule has 0 aliphatic rings. The summed E-state index contributed by atoms with van der Waals surface area (Å²) in [7, 11) is 1.48. The maximum Gasteiger partial charge on any atom is 0.416 e. The summed E-state index contributed by atoms with van der Waals surface area (Å²) in [5.41, 5.74) is 0.317. The Labute approximate surface area is 130 Å². The summed E-state index contributed by atoms with van der Waals surface area (Å²) in [5, 5.41) is 3.70. The van der Waals surface area contributed by atoms with Gasteiger partial charge in [0.15, 0.2) is 0 Å². The Bertz CT molecular complexity index is 649. The molecule has 23 heavy (non-hydrogen) atoms. The van der Waals surface area contributed by atoms with E-state index in [1.165, 1.54) is 25.3 Å². The Kier molecular flexibility index (Phi) is 5.38. The Morgan fingerprint density at radius 1 is 1.22 bits per heavy atom. The number of carbonyl (C=O) groups is 1. The van der Waals surface area contributed by atoms with E-state index in [1.54, 1.807) is 0 Å². The van der Waals surface area contributed by atoms with Crippen molar-refractivity contribution in [3.63, 3.8) is 0 Å². The molecule has 5 nitrogen and oxygen atoms in total. The van der Waals surface area contributed by atoms with Crippen LogP contribution in [0.3, 0.4) is 0 Å². The third kappa shape index (κ3) is 4.82. The quantitative estimate of drug-likeness (QED) is 0.602. The molecule has 1 heterocycles. The molecule has 0 aliphatic carbocycles. The number of aromatic nitrogens is 1. The molecule has 0 bridgehead atoms. The van der Waals surface area contributed by atoms with E-state index in [0.29, 0.717) is 11.3 Å². The standard InChI is InChI=1S/C15H14F3NO4/c1-21-6-7-22-14(20)13-9-12(19-23-13)8-10-2-4-11(5-3-10)15(16,17)18/h2-5,9H,6-8H2,1H3. The smallest absolute Gasteiger partial charge is 0.416 e. The van der Waals surface area contributed by atoms with Gasteiger partial charge in [0, 0.05) is 19.6 Å². The number of carbonyl (C=O) groups excluding carboxylic acids is 1. The van der Waals surface area contributed by atoms with E-state index >= 15 is 0 Å². The molecule has 0 N–H and O–H groups in total. The Morgan fingerprint density at radius 2 is 1.91 bits per heavy atom. The highest BCUT2D eigenvalue weighted by Crippen LogP contribution is 2.29. The number of benzene rings is 1. The zero-order valence-electron chi connectivity index (χ0n) is 12.2. The molecule has 1 aromatic heterocycles. The number of hydrogen-bond acceptors (Lipinski definition) is 5. The van der Waals surface area contributed by atoms with Gasteiger partial charge in [-0.1, -0.05) is 17.3 Å². The number of halogens is 3. The van der Waals surface area contributed by atoms with Crippen LogP contribution in [-0.2, 0) is 22.1 Å². The minimum absolute atomic E-state index is 0.0667. The molecule has 0 radical (unpaired) electrons. The largest absolute Gasteiger partial charge is 0.457 e. The van der Waals surface area contributed by atoms with Crippen molar-refractivity contribution in [2.45, 2.75) is 12.6 Å². The first kappa shape index (κ1) is 17.0. The molecule has 2 aromatic rings. The fraction of sp³-hybridized carbons (Fsp3) is 0.333. The van der Waals surface area contributed by atoms with Crippen LogP contribution in [0.15, 0.2) is 34.9 Å². The van der Waals surface area contributed by atoms with Crippen molar-refractivity contribution in [1.29, 1.82) is 0 Å². The third-order valence-corrected chi connectivity index (χ3v) is 2.95. The lowest BCUT2D eigenvalue weighted by Gasteiger charge is -2.06. The number of methoxy groups -OCH3 is 1. The van der Waals surface area contributed by atoms with Crippen molar-refractivity contribution in [3.8, 4) is 0 Å². The average molecular weight is 329 g/mol. The molecule has 0 amide bonds. The Morgan fingerprint density at radius 3 is 2.52 bits per heavy atom. The SMILES string of the molecule is COCCOC(=O)c1cc(Cc2ccc(C(F)(F)F)cc2)no1. The van der Waals surface area contributed by atoms with E-state index in [-0.39, 0.29) is 25.4 Å². The topological polar surface area (TPSA) is 61.6 Å². The van der Waals surface area contributed by atoms with Crippen LogP contribution in [0, 0.1) is 0 Å². The number of hydrogen-bond donors (Lipinski definition) is 0. The lowest BCUT2D eigenvalue weighted by molar-refractivity contribution is -0.137. The zero-order chi connectivity index (χ0) is 16.9. The van der Waals surface area contributed by atoms with Crippen molar-refractivity contribution in [1.82, 2.24) is 5.16 Å². The molecular weight excluding hydrogens is 315 g/mol. The highest BCUT2D eigenvalue weighted by atomic mass is 19.4. The van der Waals surface area contributed by atoms with Crippen LogP contribution in [0.25, 0.3) is 0 Å². The predicted octanol–water partition coefficient (Wildman–Crippen LogP) is 3.09. The second-order valence-corrected chi connectivity index (χ2v) is 4.68. The molecule has 0 saturated heterocycles. The zero-order valence-corrected chi connectivity index (χ0v) is 12.2. The number of ether oxygens (including phenoxy) is 2. The first-order valence-corrected chi connectivity index (χ1v) is 6.68. The summed E-state index contributed by atoms with van der Waals surface area (Å²) >= 11 is 0. The summed E-state index contributed by atoms with van der Waals surface area (Å²) < 4.78 is 51.9. The first-order valence-electron chi connectivity index (χ1n) is 6.68. The van der Waals surface area contributed by atoms with Crippen molar-refractivity contribution in [2.24, 2.45) is 0 Å². The molecule has 0 saturated carbocycles. The minimum Gasteiger partial charge on any atom is -0.457 e. The van der Waals surface area contributed by atoms with Crippen LogP contribution in [0.1, 0.15) is 27.4 Å². The second-order valence-electron chi connectivity index (χ2n) is 4.68. The fourth-order valence-corrected chi connectivity index (χ4v) is 1.80. The first-order chi connectivity index (χ1) is 10.9. The molecule has 0 spiro atoms. The van der Waals surface area contributed by atoms with Gasteiger partial charge >= 0.3 is 12.1 Å². The Balaban J connectivity index is 1.97. The lowest BCUT2D eigenvalue weighted by atomic mass is 10.1. The number of rotatable bonds is 6. The Hall–Kier alpha value is -2.35. The van der Waals surface area contributed by atoms with Gasteiger partial charge in [-0.25, -0.2) is 4.79 Å². The summed E-state index contributed by atoms with van der Waals surface area (Å²) in [6, 6.07) is 6.10. The summed E-state index contributed by atoms with van der Waals surface area (Å²) in [6.07, 6.45) is -4.13. The highest BCUT2D eigenvalue weighted by Gasteiger charge is 2.29. The fourth-order valence-electron chi connectivity index (χ4n) is 1.80. The van der Waals surface area contributed by atoms with E-state index in [2.05, 4.69) is 5.16 Å². The molecular formula is C15H14F3NO4. The van der Waals surface area contributed by atoms with Crippen LogP contribution < -0.4 is 0 Å². The molecule has 2 rings (SSSR count). The van der Waals surface area contributed by atoms with E-state index in [0.717, 1.165) is 12.1 Å². The van der Waals surface area contributed by atoms with Gasteiger partial charge < -0.3 is 14.0 Å². The van der Waals surface area contributed by atoms with E-state index < -0.39 is 17.7 Å². The predicted molar refractivity (Wildman–Crippen MR) is 72.9 cm³/mol. The van der Waals surface area contributed by atoms with Crippen LogP contribution in [0.4, 0.5) is 13.2 Å². The number of alkyl halides is 3. The average Bonchev–Trinajstić information content (AvgIpc) is 2.95. The normalized spacial score (nSPS) is 11.5. The minimum atomic E-state index is -4.37. The maximum atomic E-state index is 12.5. The van der Waals surface area contributed by atoms with Gasteiger partial charge in [-0.15, -0.1) is 0 Å². The van der Waals surface area contributed by atoms with Crippen LogP contribution in [0.2, 0.25) is 0 Å². The third-order valence-electron chi connectivity index (χ3n) is 2.95. The molecule has 124 valence electrons. The number of esters is 1. The van der Waals surface area contributed by atoms with Crippen molar-refractivity contribution in [2.75, 3.05) is 20.3 Å². The molecule has 8 heteroatoms. The van der Waals surface area contributed by atoms with Crippen LogP contribution in [0.5, 0.6) is 0 Å². The summed E-state index contributed by atoms with van der Waals surface area (Å²) in [5.74, 6) is -0.740. The van der Waals surface area contributed by atoms with Gasteiger partial charge in [0.05, 0.1) is 17.9 Å². The molecule has 0 aliphatic heterocycles. The van der Waals surface area contributed by atoms with Gasteiger partial charge in [0.2, 0.25) is 5.76 Å². The van der Waals surface area contributed by atoms with Gasteiger partial charge in [-0.3, -0.25) is 0 Å². The lowest BCUT2D eigenvalue weighted by Crippen LogP contribution is -2.09.